The topological polar surface area (TPSA) is 90.0 Å². The maximum absolute atomic E-state index is 12.6. The molecule has 1 aromatic carbocycles. The van der Waals surface area contributed by atoms with Crippen molar-refractivity contribution in [3.05, 3.63) is 39.6 Å². The van der Waals surface area contributed by atoms with Crippen LogP contribution >= 0.6 is 15.9 Å². The molecule has 2 aromatic rings. The third-order valence-corrected chi connectivity index (χ3v) is 5.45. The predicted octanol–water partition coefficient (Wildman–Crippen LogP) is 2.06. The van der Waals surface area contributed by atoms with Crippen LogP contribution in [-0.4, -0.2) is 18.2 Å². The Morgan fingerprint density at radius 1 is 1.38 bits per heavy atom. The minimum Gasteiger partial charge on any atom is -0.326 e. The normalized spacial score (nSPS) is 11.7. The van der Waals surface area contributed by atoms with Gasteiger partial charge in [-0.05, 0) is 37.1 Å². The van der Waals surface area contributed by atoms with Gasteiger partial charge >= 0.3 is 0 Å². The number of hydrogen-bond donors (Lipinski definition) is 2. The van der Waals surface area contributed by atoms with E-state index in [1.165, 1.54) is 0 Å². The fraction of sp³-hybridized carbons (Fsp3) is 0.308. The van der Waals surface area contributed by atoms with E-state index in [-0.39, 0.29) is 11.4 Å². The second-order valence-corrected chi connectivity index (χ2v) is 7.32. The Bertz CT molecular complexity index is 784. The molecular formula is C13H17BrN4O2S. The summed E-state index contributed by atoms with van der Waals surface area (Å²) in [5.74, 6) is 0. The standard InChI is InChI=1S/C13H17BrN4O2S/c1-8-11(14)4-10(6-15)5-13(8)21(19,20)17-12-7-18(3)16-9(12)2/h4-5,7,17H,6,15H2,1-3H3. The first kappa shape index (κ1) is 16.0. The van der Waals surface area contributed by atoms with E-state index in [0.29, 0.717) is 21.4 Å². The second kappa shape index (κ2) is 5.78. The minimum absolute atomic E-state index is 0.209. The molecule has 0 aliphatic rings. The lowest BCUT2D eigenvalue weighted by molar-refractivity contribution is 0.600. The molecule has 114 valence electrons. The number of nitrogens with one attached hydrogen (secondary N) is 1. The van der Waals surface area contributed by atoms with Crippen LogP contribution in [0.3, 0.4) is 0 Å². The number of aryl methyl sites for hydroxylation is 2. The van der Waals surface area contributed by atoms with Gasteiger partial charge in [-0.3, -0.25) is 9.40 Å². The van der Waals surface area contributed by atoms with Gasteiger partial charge in [0.1, 0.15) is 0 Å². The molecule has 0 amide bonds. The molecule has 8 heteroatoms. The zero-order valence-electron chi connectivity index (χ0n) is 12.0. The van der Waals surface area contributed by atoms with E-state index in [4.69, 9.17) is 5.73 Å². The molecule has 1 aromatic heterocycles. The van der Waals surface area contributed by atoms with E-state index in [2.05, 4.69) is 25.8 Å². The molecule has 0 unspecified atom stereocenters. The van der Waals surface area contributed by atoms with Crippen molar-refractivity contribution < 1.29 is 8.42 Å². The summed E-state index contributed by atoms with van der Waals surface area (Å²) >= 11 is 3.37. The third kappa shape index (κ3) is 3.28. The summed E-state index contributed by atoms with van der Waals surface area (Å²) in [6, 6.07) is 3.41. The van der Waals surface area contributed by atoms with Crippen molar-refractivity contribution in [3.63, 3.8) is 0 Å². The van der Waals surface area contributed by atoms with Gasteiger partial charge in [-0.25, -0.2) is 8.42 Å². The van der Waals surface area contributed by atoms with Gasteiger partial charge < -0.3 is 5.73 Å². The summed E-state index contributed by atoms with van der Waals surface area (Å²) in [6.45, 7) is 3.76. The van der Waals surface area contributed by atoms with Crippen molar-refractivity contribution in [3.8, 4) is 0 Å². The molecule has 0 saturated carbocycles. The van der Waals surface area contributed by atoms with Crippen molar-refractivity contribution in [2.75, 3.05) is 4.72 Å². The molecule has 0 radical (unpaired) electrons. The number of aromatic nitrogens is 2. The van der Waals surface area contributed by atoms with Gasteiger partial charge in [0, 0.05) is 24.3 Å². The average Bonchev–Trinajstić information content (AvgIpc) is 2.70. The highest BCUT2D eigenvalue weighted by Gasteiger charge is 2.21. The van der Waals surface area contributed by atoms with Crippen molar-refractivity contribution in [2.24, 2.45) is 12.8 Å². The first-order valence-electron chi connectivity index (χ1n) is 6.26. The molecule has 0 aliphatic carbocycles. The molecule has 0 atom stereocenters. The number of nitrogens with zero attached hydrogens (tertiary/aromatic N) is 2. The Morgan fingerprint density at radius 3 is 2.57 bits per heavy atom. The highest BCUT2D eigenvalue weighted by molar-refractivity contribution is 9.10. The van der Waals surface area contributed by atoms with E-state index in [1.54, 1.807) is 37.8 Å². The third-order valence-electron chi connectivity index (χ3n) is 3.14. The predicted molar refractivity (Wildman–Crippen MR) is 85.5 cm³/mol. The lowest BCUT2D eigenvalue weighted by atomic mass is 10.1. The molecule has 0 aliphatic heterocycles. The Labute approximate surface area is 132 Å². The van der Waals surface area contributed by atoms with Crippen LogP contribution in [0, 0.1) is 13.8 Å². The van der Waals surface area contributed by atoms with Gasteiger partial charge in [0.25, 0.3) is 10.0 Å². The quantitative estimate of drug-likeness (QED) is 0.859. The fourth-order valence-corrected chi connectivity index (χ4v) is 4.06. The Hall–Kier alpha value is -1.38. The molecule has 3 N–H and O–H groups in total. The minimum atomic E-state index is -3.70. The fourth-order valence-electron chi connectivity index (χ4n) is 2.00. The smallest absolute Gasteiger partial charge is 0.262 e. The van der Waals surface area contributed by atoms with Crippen molar-refractivity contribution in [2.45, 2.75) is 25.3 Å². The van der Waals surface area contributed by atoms with Crippen molar-refractivity contribution in [1.29, 1.82) is 0 Å². The SMILES string of the molecule is Cc1nn(C)cc1NS(=O)(=O)c1cc(CN)cc(Br)c1C. The monoisotopic (exact) mass is 372 g/mol. The molecule has 0 fully saturated rings. The molecule has 0 spiro atoms. The summed E-state index contributed by atoms with van der Waals surface area (Å²) < 4.78 is 30.0. The maximum Gasteiger partial charge on any atom is 0.262 e. The van der Waals surface area contributed by atoms with Crippen LogP contribution in [0.4, 0.5) is 5.69 Å². The van der Waals surface area contributed by atoms with Gasteiger partial charge in [-0.2, -0.15) is 5.10 Å². The number of halogens is 1. The van der Waals surface area contributed by atoms with E-state index < -0.39 is 10.0 Å². The summed E-state index contributed by atoms with van der Waals surface area (Å²) in [7, 11) is -1.96. The molecule has 6 nitrogen and oxygen atoms in total. The number of rotatable bonds is 4. The number of benzene rings is 1. The van der Waals surface area contributed by atoms with E-state index in [1.807, 2.05) is 6.07 Å². The number of anilines is 1. The Kier molecular flexibility index (Phi) is 4.40. The van der Waals surface area contributed by atoms with Gasteiger partial charge in [-0.15, -0.1) is 0 Å². The van der Waals surface area contributed by atoms with Gasteiger partial charge in [0.15, 0.2) is 0 Å². The molecule has 2 rings (SSSR count). The van der Waals surface area contributed by atoms with Crippen LogP contribution in [0.5, 0.6) is 0 Å². The lowest BCUT2D eigenvalue weighted by Crippen LogP contribution is -2.15. The van der Waals surface area contributed by atoms with Crippen LogP contribution in [0.15, 0.2) is 27.7 Å². The number of hydrogen-bond acceptors (Lipinski definition) is 4. The molecule has 1 heterocycles. The van der Waals surface area contributed by atoms with Gasteiger partial charge in [0.05, 0.1) is 16.3 Å². The second-order valence-electron chi connectivity index (χ2n) is 4.81. The Morgan fingerprint density at radius 2 is 2.05 bits per heavy atom. The van der Waals surface area contributed by atoms with Crippen molar-refractivity contribution in [1.82, 2.24) is 9.78 Å². The first-order chi connectivity index (χ1) is 9.74. The summed E-state index contributed by atoms with van der Waals surface area (Å²) in [5, 5.41) is 4.12. The lowest BCUT2D eigenvalue weighted by Gasteiger charge is -2.12. The molecule has 0 saturated heterocycles. The number of sulfonamides is 1. The maximum atomic E-state index is 12.6. The van der Waals surface area contributed by atoms with Crippen LogP contribution in [0.2, 0.25) is 0 Å². The summed E-state index contributed by atoms with van der Waals surface area (Å²) in [5.41, 5.74) is 8.08. The highest BCUT2D eigenvalue weighted by Crippen LogP contribution is 2.27. The van der Waals surface area contributed by atoms with Crippen LogP contribution in [-0.2, 0) is 23.6 Å². The van der Waals surface area contributed by atoms with E-state index >= 15 is 0 Å². The average molecular weight is 373 g/mol. The van der Waals surface area contributed by atoms with E-state index in [0.717, 1.165) is 5.56 Å². The summed E-state index contributed by atoms with van der Waals surface area (Å²) in [4.78, 5) is 0.209. The Balaban J connectivity index is 2.49. The van der Waals surface area contributed by atoms with Crippen LogP contribution in [0.25, 0.3) is 0 Å². The zero-order chi connectivity index (χ0) is 15.8. The van der Waals surface area contributed by atoms with Crippen molar-refractivity contribution >= 4 is 31.6 Å². The first-order valence-corrected chi connectivity index (χ1v) is 8.54. The van der Waals surface area contributed by atoms with Crippen LogP contribution < -0.4 is 10.5 Å². The number of nitrogens with two attached hydrogens (primary N) is 1. The molecule has 0 bridgehead atoms. The van der Waals surface area contributed by atoms with Gasteiger partial charge in [0.2, 0.25) is 0 Å². The highest BCUT2D eigenvalue weighted by atomic mass is 79.9. The van der Waals surface area contributed by atoms with Gasteiger partial charge in [-0.1, -0.05) is 15.9 Å². The molecule has 21 heavy (non-hydrogen) atoms. The summed E-state index contributed by atoms with van der Waals surface area (Å²) in [6.07, 6.45) is 1.63. The van der Waals surface area contributed by atoms with E-state index in [9.17, 15) is 8.42 Å². The largest absolute Gasteiger partial charge is 0.326 e. The van der Waals surface area contributed by atoms with Crippen LogP contribution in [0.1, 0.15) is 16.8 Å². The molecular weight excluding hydrogens is 356 g/mol. The zero-order valence-corrected chi connectivity index (χ0v) is 14.4.